The summed E-state index contributed by atoms with van der Waals surface area (Å²) in [6.45, 7) is 1.89. The van der Waals surface area contributed by atoms with Crippen molar-refractivity contribution in [2.75, 3.05) is 22.5 Å². The Bertz CT molecular complexity index is 1080. The summed E-state index contributed by atoms with van der Waals surface area (Å²) in [4.78, 5) is 12.3. The van der Waals surface area contributed by atoms with Crippen molar-refractivity contribution in [2.24, 2.45) is 0 Å². The average Bonchev–Trinajstić information content (AvgIpc) is 2.70. The number of rotatable bonds is 6. The van der Waals surface area contributed by atoms with E-state index in [0.717, 1.165) is 5.56 Å². The minimum atomic E-state index is -3.67. The van der Waals surface area contributed by atoms with Crippen LogP contribution in [0.2, 0.25) is 0 Å². The third-order valence-corrected chi connectivity index (χ3v) is 5.47. The van der Waals surface area contributed by atoms with E-state index in [1.807, 2.05) is 6.92 Å². The number of benzene rings is 3. The second-order valence-electron chi connectivity index (χ2n) is 6.30. The lowest BCUT2D eigenvalue weighted by Gasteiger charge is -2.11. The van der Waals surface area contributed by atoms with Crippen LogP contribution < -0.4 is 20.1 Å². The van der Waals surface area contributed by atoms with Crippen molar-refractivity contribution in [1.29, 1.82) is 0 Å². The number of nitrogens with one attached hydrogen (secondary N) is 3. The molecule has 0 spiro atoms. The summed E-state index contributed by atoms with van der Waals surface area (Å²) in [5, 5.41) is 5.39. The van der Waals surface area contributed by atoms with Gasteiger partial charge < -0.3 is 15.4 Å². The highest BCUT2D eigenvalue weighted by Crippen LogP contribution is 2.19. The molecule has 8 heteroatoms. The molecule has 0 aromatic heterocycles. The Morgan fingerprint density at radius 3 is 1.76 bits per heavy atom. The molecule has 3 aromatic carbocycles. The van der Waals surface area contributed by atoms with Crippen LogP contribution in [0.1, 0.15) is 5.56 Å². The molecular weight excluding hydrogens is 390 g/mol. The van der Waals surface area contributed by atoms with Crippen LogP contribution in [-0.2, 0) is 10.0 Å². The molecular formula is C21H21N3O4S. The second kappa shape index (κ2) is 8.66. The molecule has 0 bridgehead atoms. The van der Waals surface area contributed by atoms with Gasteiger partial charge in [0.2, 0.25) is 0 Å². The van der Waals surface area contributed by atoms with E-state index in [0.29, 0.717) is 22.8 Å². The lowest BCUT2D eigenvalue weighted by molar-refractivity contribution is 0.262. The predicted molar refractivity (Wildman–Crippen MR) is 114 cm³/mol. The van der Waals surface area contributed by atoms with Gasteiger partial charge in [0.05, 0.1) is 12.0 Å². The Kier molecular flexibility index (Phi) is 6.04. The Hall–Kier alpha value is -3.52. The van der Waals surface area contributed by atoms with E-state index in [4.69, 9.17) is 4.74 Å². The van der Waals surface area contributed by atoms with E-state index < -0.39 is 16.1 Å². The Morgan fingerprint density at radius 2 is 1.24 bits per heavy atom. The Balaban J connectivity index is 1.60. The molecule has 2 amide bonds. The number of carbonyl (C=O) groups is 1. The van der Waals surface area contributed by atoms with Crippen molar-refractivity contribution in [3.8, 4) is 5.75 Å². The molecule has 0 heterocycles. The molecule has 0 saturated carbocycles. The molecule has 0 aliphatic heterocycles. The number of methoxy groups -OCH3 is 1. The first-order chi connectivity index (χ1) is 13.9. The molecule has 3 N–H and O–H groups in total. The molecule has 0 atom stereocenters. The minimum Gasteiger partial charge on any atom is -0.497 e. The molecule has 7 nitrogen and oxygen atoms in total. The topological polar surface area (TPSA) is 96.5 Å². The molecule has 0 radical (unpaired) electrons. The number of sulfonamides is 1. The summed E-state index contributed by atoms with van der Waals surface area (Å²) in [5.74, 6) is 0.694. The zero-order valence-corrected chi connectivity index (χ0v) is 16.8. The lowest BCUT2D eigenvalue weighted by atomic mass is 10.2. The zero-order chi connectivity index (χ0) is 20.9. The van der Waals surface area contributed by atoms with Gasteiger partial charge in [-0.3, -0.25) is 4.72 Å². The highest BCUT2D eigenvalue weighted by atomic mass is 32.2. The van der Waals surface area contributed by atoms with Gasteiger partial charge in [-0.15, -0.1) is 0 Å². The molecule has 3 aromatic rings. The first kappa shape index (κ1) is 20.2. The predicted octanol–water partition coefficient (Wildman–Crippen LogP) is 4.45. The number of urea groups is 1. The fourth-order valence-corrected chi connectivity index (χ4v) is 3.58. The van der Waals surface area contributed by atoms with Crippen LogP contribution in [0.4, 0.5) is 21.9 Å². The Labute approximate surface area is 169 Å². The van der Waals surface area contributed by atoms with E-state index in [9.17, 15) is 13.2 Å². The molecule has 150 valence electrons. The molecule has 0 aliphatic carbocycles. The SMILES string of the molecule is COc1ccc(NC(=O)Nc2ccc(NS(=O)(=O)c3ccc(C)cc3)cc2)cc1. The normalized spacial score (nSPS) is 10.8. The monoisotopic (exact) mass is 411 g/mol. The minimum absolute atomic E-state index is 0.184. The van der Waals surface area contributed by atoms with Crippen molar-refractivity contribution in [3.63, 3.8) is 0 Å². The highest BCUT2D eigenvalue weighted by molar-refractivity contribution is 7.92. The average molecular weight is 411 g/mol. The Morgan fingerprint density at radius 1 is 0.759 bits per heavy atom. The summed E-state index contributed by atoms with van der Waals surface area (Å²) >= 11 is 0. The van der Waals surface area contributed by atoms with Crippen LogP contribution in [-0.4, -0.2) is 21.6 Å². The molecule has 3 rings (SSSR count). The summed E-state index contributed by atoms with van der Waals surface area (Å²) in [5.41, 5.74) is 2.51. The first-order valence-electron chi connectivity index (χ1n) is 8.77. The van der Waals surface area contributed by atoms with Crippen molar-refractivity contribution < 1.29 is 17.9 Å². The first-order valence-corrected chi connectivity index (χ1v) is 10.3. The fraction of sp³-hybridized carbons (Fsp3) is 0.0952. The van der Waals surface area contributed by atoms with Crippen molar-refractivity contribution in [2.45, 2.75) is 11.8 Å². The van der Waals surface area contributed by atoms with Gasteiger partial charge >= 0.3 is 6.03 Å². The van der Waals surface area contributed by atoms with Gasteiger partial charge in [0.1, 0.15) is 5.75 Å². The number of aryl methyl sites for hydroxylation is 1. The lowest BCUT2D eigenvalue weighted by Crippen LogP contribution is -2.19. The number of anilines is 3. The second-order valence-corrected chi connectivity index (χ2v) is 7.99. The number of ether oxygens (including phenoxy) is 1. The molecule has 29 heavy (non-hydrogen) atoms. The van der Waals surface area contributed by atoms with Gasteiger partial charge in [0.15, 0.2) is 0 Å². The largest absolute Gasteiger partial charge is 0.497 e. The van der Waals surface area contributed by atoms with Crippen LogP contribution in [0, 0.1) is 6.92 Å². The molecule has 0 saturated heterocycles. The third-order valence-electron chi connectivity index (χ3n) is 4.07. The number of hydrogen-bond acceptors (Lipinski definition) is 4. The number of amides is 2. The van der Waals surface area contributed by atoms with E-state index in [-0.39, 0.29) is 4.90 Å². The summed E-state index contributed by atoms with van der Waals surface area (Å²) < 4.78 is 32.4. The van der Waals surface area contributed by atoms with Crippen molar-refractivity contribution in [3.05, 3.63) is 78.4 Å². The number of carbonyl (C=O) groups excluding carboxylic acids is 1. The van der Waals surface area contributed by atoms with E-state index in [1.54, 1.807) is 79.9 Å². The quantitative estimate of drug-likeness (QED) is 0.558. The third kappa shape index (κ3) is 5.49. The zero-order valence-electron chi connectivity index (χ0n) is 16.0. The van der Waals surface area contributed by atoms with Crippen LogP contribution in [0.5, 0.6) is 5.75 Å². The van der Waals surface area contributed by atoms with Gasteiger partial charge in [-0.1, -0.05) is 17.7 Å². The van der Waals surface area contributed by atoms with Crippen LogP contribution >= 0.6 is 0 Å². The van der Waals surface area contributed by atoms with Gasteiger partial charge in [-0.05, 0) is 67.6 Å². The van der Waals surface area contributed by atoms with E-state index in [1.165, 1.54) is 0 Å². The van der Waals surface area contributed by atoms with Gasteiger partial charge in [-0.25, -0.2) is 13.2 Å². The van der Waals surface area contributed by atoms with Crippen LogP contribution in [0.15, 0.2) is 77.7 Å². The fourth-order valence-electron chi connectivity index (χ4n) is 2.52. The van der Waals surface area contributed by atoms with Gasteiger partial charge in [0.25, 0.3) is 10.0 Å². The molecule has 0 fully saturated rings. The summed E-state index contributed by atoms with van der Waals surface area (Å²) in [6, 6.07) is 19.5. The van der Waals surface area contributed by atoms with Crippen molar-refractivity contribution >= 4 is 33.1 Å². The maximum absolute atomic E-state index is 12.4. The summed E-state index contributed by atoms with van der Waals surface area (Å²) in [7, 11) is -2.10. The highest BCUT2D eigenvalue weighted by Gasteiger charge is 2.13. The standard InChI is InChI=1S/C21H21N3O4S/c1-15-3-13-20(14-4-15)29(26,27)24-18-7-5-16(6-8-18)22-21(25)23-17-9-11-19(28-2)12-10-17/h3-14,24H,1-2H3,(H2,22,23,25). The van der Waals surface area contributed by atoms with Gasteiger partial charge in [0, 0.05) is 17.1 Å². The van der Waals surface area contributed by atoms with Gasteiger partial charge in [-0.2, -0.15) is 0 Å². The number of hydrogen-bond donors (Lipinski definition) is 3. The van der Waals surface area contributed by atoms with Crippen LogP contribution in [0.3, 0.4) is 0 Å². The maximum Gasteiger partial charge on any atom is 0.323 e. The van der Waals surface area contributed by atoms with E-state index >= 15 is 0 Å². The van der Waals surface area contributed by atoms with Crippen molar-refractivity contribution in [1.82, 2.24) is 0 Å². The maximum atomic E-state index is 12.4. The van der Waals surface area contributed by atoms with Crippen LogP contribution in [0.25, 0.3) is 0 Å². The summed E-state index contributed by atoms with van der Waals surface area (Å²) in [6.07, 6.45) is 0. The van der Waals surface area contributed by atoms with E-state index in [2.05, 4.69) is 15.4 Å². The molecule has 0 aliphatic rings. The smallest absolute Gasteiger partial charge is 0.323 e. The molecule has 0 unspecified atom stereocenters.